The zero-order valence-corrected chi connectivity index (χ0v) is 11.3. The molecule has 0 fully saturated rings. The lowest BCUT2D eigenvalue weighted by Crippen LogP contribution is -2.28. The van der Waals surface area contributed by atoms with Crippen molar-refractivity contribution in [2.75, 3.05) is 6.61 Å². The van der Waals surface area contributed by atoms with Gasteiger partial charge in [-0.3, -0.25) is 4.79 Å². The maximum Gasteiger partial charge on any atom is 0.224 e. The van der Waals surface area contributed by atoms with Crippen LogP contribution in [-0.4, -0.2) is 17.5 Å². The van der Waals surface area contributed by atoms with E-state index in [1.54, 1.807) is 6.20 Å². The van der Waals surface area contributed by atoms with E-state index in [1.165, 1.54) is 0 Å². The van der Waals surface area contributed by atoms with E-state index in [1.807, 2.05) is 12.1 Å². The van der Waals surface area contributed by atoms with Gasteiger partial charge in [0.2, 0.25) is 11.8 Å². The molecule has 102 valence electrons. The summed E-state index contributed by atoms with van der Waals surface area (Å²) < 4.78 is 5.47. The lowest BCUT2D eigenvalue weighted by molar-refractivity contribution is -0.124. The molecule has 19 heavy (non-hydrogen) atoms. The summed E-state index contributed by atoms with van der Waals surface area (Å²) in [5.74, 6) is 0.853. The van der Waals surface area contributed by atoms with Gasteiger partial charge in [0.1, 0.15) is 0 Å². The van der Waals surface area contributed by atoms with Gasteiger partial charge in [0.05, 0.1) is 6.61 Å². The summed E-state index contributed by atoms with van der Waals surface area (Å²) in [4.78, 5) is 16.0. The van der Waals surface area contributed by atoms with E-state index in [4.69, 9.17) is 4.74 Å². The molecule has 0 radical (unpaired) electrons. The van der Waals surface area contributed by atoms with Crippen LogP contribution in [0.25, 0.3) is 0 Å². The van der Waals surface area contributed by atoms with Crippen molar-refractivity contribution in [3.05, 3.63) is 36.0 Å². The summed E-state index contributed by atoms with van der Waals surface area (Å²) in [5, 5.41) is 2.96. The smallest absolute Gasteiger partial charge is 0.224 e. The maximum atomic E-state index is 11.9. The van der Waals surface area contributed by atoms with Crippen molar-refractivity contribution in [1.29, 1.82) is 0 Å². The van der Waals surface area contributed by atoms with Crippen molar-refractivity contribution in [3.63, 3.8) is 0 Å². The van der Waals surface area contributed by atoms with Crippen LogP contribution < -0.4 is 10.1 Å². The van der Waals surface area contributed by atoms with Gasteiger partial charge in [-0.05, 0) is 30.9 Å². The third kappa shape index (κ3) is 4.09. The predicted octanol–water partition coefficient (Wildman–Crippen LogP) is 2.45. The fourth-order valence-corrected chi connectivity index (χ4v) is 2.01. The number of rotatable bonds is 6. The highest BCUT2D eigenvalue weighted by Gasteiger charge is 2.18. The highest BCUT2D eigenvalue weighted by Crippen LogP contribution is 2.18. The van der Waals surface area contributed by atoms with Crippen LogP contribution in [0.2, 0.25) is 0 Å². The molecule has 1 amide bonds. The standard InChI is InChI=1S/C15H20N2O2/c1-2-9-19-14-10-12(7-8-16-14)11-17-15(18)13-5-3-4-6-13/h3-4,7-8,10,13H,2,5-6,9,11H2,1H3,(H,17,18). The van der Waals surface area contributed by atoms with Crippen LogP contribution >= 0.6 is 0 Å². The Morgan fingerprint density at radius 3 is 3.00 bits per heavy atom. The number of allylic oxidation sites excluding steroid dienone is 2. The number of carbonyl (C=O) groups excluding carboxylic acids is 1. The number of nitrogens with one attached hydrogen (secondary N) is 1. The highest BCUT2D eigenvalue weighted by atomic mass is 16.5. The van der Waals surface area contributed by atoms with Crippen LogP contribution in [0.5, 0.6) is 5.88 Å². The molecule has 1 aromatic rings. The van der Waals surface area contributed by atoms with Gasteiger partial charge in [-0.25, -0.2) is 4.98 Å². The van der Waals surface area contributed by atoms with Gasteiger partial charge in [-0.15, -0.1) is 0 Å². The molecule has 0 unspecified atom stereocenters. The fourth-order valence-electron chi connectivity index (χ4n) is 2.01. The van der Waals surface area contributed by atoms with Crippen LogP contribution in [0.15, 0.2) is 30.5 Å². The van der Waals surface area contributed by atoms with Crippen molar-refractivity contribution in [3.8, 4) is 5.88 Å². The normalized spacial score (nSPS) is 14.6. The number of ether oxygens (including phenoxy) is 1. The molecule has 2 rings (SSSR count). The van der Waals surface area contributed by atoms with Gasteiger partial charge in [-0.2, -0.15) is 0 Å². The van der Waals surface area contributed by atoms with Crippen LogP contribution in [0.3, 0.4) is 0 Å². The molecule has 0 aliphatic heterocycles. The minimum atomic E-state index is 0.109. The van der Waals surface area contributed by atoms with Gasteiger partial charge in [0, 0.05) is 24.7 Å². The van der Waals surface area contributed by atoms with Crippen molar-refractivity contribution < 1.29 is 9.53 Å². The van der Waals surface area contributed by atoms with Gasteiger partial charge in [0.25, 0.3) is 0 Å². The number of carbonyl (C=O) groups is 1. The Morgan fingerprint density at radius 1 is 1.47 bits per heavy atom. The Kier molecular flexibility index (Phi) is 4.95. The molecule has 1 aliphatic rings. The van der Waals surface area contributed by atoms with E-state index in [-0.39, 0.29) is 11.8 Å². The quantitative estimate of drug-likeness (QED) is 0.799. The van der Waals surface area contributed by atoms with Crippen molar-refractivity contribution in [1.82, 2.24) is 10.3 Å². The molecule has 1 N–H and O–H groups in total. The molecule has 1 aliphatic carbocycles. The summed E-state index contributed by atoms with van der Waals surface area (Å²) in [6.45, 7) is 3.25. The van der Waals surface area contributed by atoms with Crippen molar-refractivity contribution in [2.24, 2.45) is 5.92 Å². The summed E-state index contributed by atoms with van der Waals surface area (Å²) in [5.41, 5.74) is 1.01. The van der Waals surface area contributed by atoms with E-state index in [2.05, 4.69) is 29.4 Å². The summed E-state index contributed by atoms with van der Waals surface area (Å²) in [6.07, 6.45) is 8.50. The molecular weight excluding hydrogens is 240 g/mol. The van der Waals surface area contributed by atoms with E-state index >= 15 is 0 Å². The van der Waals surface area contributed by atoms with Gasteiger partial charge >= 0.3 is 0 Å². The average molecular weight is 260 g/mol. The van der Waals surface area contributed by atoms with Gasteiger partial charge in [-0.1, -0.05) is 19.1 Å². The zero-order chi connectivity index (χ0) is 13.5. The van der Waals surface area contributed by atoms with Crippen LogP contribution in [0, 0.1) is 5.92 Å². The fraction of sp³-hybridized carbons (Fsp3) is 0.467. The molecule has 0 spiro atoms. The molecule has 0 atom stereocenters. The van der Waals surface area contributed by atoms with E-state index in [9.17, 15) is 4.79 Å². The van der Waals surface area contributed by atoms with Gasteiger partial charge < -0.3 is 10.1 Å². The largest absolute Gasteiger partial charge is 0.478 e. The van der Waals surface area contributed by atoms with E-state index in [0.717, 1.165) is 24.8 Å². The second-order valence-electron chi connectivity index (χ2n) is 4.71. The monoisotopic (exact) mass is 260 g/mol. The van der Waals surface area contributed by atoms with Crippen LogP contribution in [-0.2, 0) is 11.3 Å². The molecule has 0 bridgehead atoms. The van der Waals surface area contributed by atoms with E-state index < -0.39 is 0 Å². The number of aromatic nitrogens is 1. The Hall–Kier alpha value is -1.84. The summed E-state index contributed by atoms with van der Waals surface area (Å²) >= 11 is 0. The number of amides is 1. The molecular formula is C15H20N2O2. The zero-order valence-electron chi connectivity index (χ0n) is 11.3. The summed E-state index contributed by atoms with van der Waals surface area (Å²) in [7, 11) is 0. The third-order valence-electron chi connectivity index (χ3n) is 3.10. The summed E-state index contributed by atoms with van der Waals surface area (Å²) in [6, 6.07) is 3.77. The highest BCUT2D eigenvalue weighted by molar-refractivity contribution is 5.79. The third-order valence-corrected chi connectivity index (χ3v) is 3.10. The van der Waals surface area contributed by atoms with Crippen LogP contribution in [0.4, 0.5) is 0 Å². The molecule has 1 aromatic heterocycles. The van der Waals surface area contributed by atoms with Crippen molar-refractivity contribution in [2.45, 2.75) is 32.7 Å². The minimum Gasteiger partial charge on any atom is -0.478 e. The molecule has 4 heteroatoms. The first-order valence-electron chi connectivity index (χ1n) is 6.80. The lowest BCUT2D eigenvalue weighted by atomic mass is 10.1. The average Bonchev–Trinajstić information content (AvgIpc) is 2.97. The predicted molar refractivity (Wildman–Crippen MR) is 73.7 cm³/mol. The topological polar surface area (TPSA) is 51.2 Å². The minimum absolute atomic E-state index is 0.109. The number of nitrogens with zero attached hydrogens (tertiary/aromatic N) is 1. The molecule has 0 saturated carbocycles. The number of hydrogen-bond donors (Lipinski definition) is 1. The Labute approximate surface area is 113 Å². The van der Waals surface area contributed by atoms with E-state index in [0.29, 0.717) is 19.0 Å². The molecule has 4 nitrogen and oxygen atoms in total. The molecule has 1 heterocycles. The lowest BCUT2D eigenvalue weighted by Gasteiger charge is -2.11. The SMILES string of the molecule is CCCOc1cc(CNC(=O)C2CC=CC2)ccn1. The van der Waals surface area contributed by atoms with Crippen molar-refractivity contribution >= 4 is 5.91 Å². The Morgan fingerprint density at radius 2 is 2.26 bits per heavy atom. The first-order chi connectivity index (χ1) is 9.29. The Balaban J connectivity index is 1.83. The van der Waals surface area contributed by atoms with Gasteiger partial charge in [0.15, 0.2) is 0 Å². The molecule has 0 aromatic carbocycles. The number of hydrogen-bond acceptors (Lipinski definition) is 3. The second-order valence-corrected chi connectivity index (χ2v) is 4.71. The maximum absolute atomic E-state index is 11.9. The second kappa shape index (κ2) is 6.92. The van der Waals surface area contributed by atoms with Crippen LogP contribution in [0.1, 0.15) is 31.7 Å². The first-order valence-corrected chi connectivity index (χ1v) is 6.80. The first kappa shape index (κ1) is 13.6. The Bertz CT molecular complexity index is 449. The number of pyridine rings is 1. The molecule has 0 saturated heterocycles.